The molecule has 0 saturated carbocycles. The molecule has 0 radical (unpaired) electrons. The summed E-state index contributed by atoms with van der Waals surface area (Å²) in [4.78, 5) is 10.6. The van der Waals surface area contributed by atoms with Crippen LogP contribution >= 0.6 is 0 Å². The maximum absolute atomic E-state index is 10.6. The second-order valence-electron chi connectivity index (χ2n) is 6.69. The first-order valence-electron chi connectivity index (χ1n) is 9.63. The van der Waals surface area contributed by atoms with Crippen LogP contribution in [0.1, 0.15) is 110 Å². The molecule has 132 valence electrons. The third-order valence-electron chi connectivity index (χ3n) is 4.35. The number of aliphatic hydroxyl groups is 1. The lowest BCUT2D eigenvalue weighted by Crippen LogP contribution is -2.11. The van der Waals surface area contributed by atoms with Crippen LogP contribution in [0, 0.1) is 0 Å². The second-order valence-corrected chi connectivity index (χ2v) is 6.69. The fourth-order valence-corrected chi connectivity index (χ4v) is 2.87. The van der Waals surface area contributed by atoms with Crippen LogP contribution in [0.5, 0.6) is 0 Å². The van der Waals surface area contributed by atoms with E-state index in [1.54, 1.807) is 0 Å². The Labute approximate surface area is 138 Å². The second kappa shape index (κ2) is 16.8. The maximum Gasteiger partial charge on any atom is 0.217 e. The molecule has 3 N–H and O–H groups in total. The summed E-state index contributed by atoms with van der Waals surface area (Å²) in [6.07, 6.45) is 18.5. The van der Waals surface area contributed by atoms with Crippen LogP contribution in [0.15, 0.2) is 0 Å². The van der Waals surface area contributed by atoms with Gasteiger partial charge in [0.05, 0.1) is 6.10 Å². The van der Waals surface area contributed by atoms with Gasteiger partial charge in [-0.1, -0.05) is 84.0 Å². The molecule has 22 heavy (non-hydrogen) atoms. The van der Waals surface area contributed by atoms with E-state index in [0.29, 0.717) is 6.42 Å². The van der Waals surface area contributed by atoms with Gasteiger partial charge in [-0.15, -0.1) is 0 Å². The highest BCUT2D eigenvalue weighted by Crippen LogP contribution is 2.14. The van der Waals surface area contributed by atoms with Crippen molar-refractivity contribution in [1.29, 1.82) is 0 Å². The van der Waals surface area contributed by atoms with Crippen molar-refractivity contribution < 1.29 is 9.90 Å². The lowest BCUT2D eigenvalue weighted by atomic mass is 10.0. The summed E-state index contributed by atoms with van der Waals surface area (Å²) >= 11 is 0. The van der Waals surface area contributed by atoms with Gasteiger partial charge in [-0.2, -0.15) is 0 Å². The number of nitrogens with two attached hydrogens (primary N) is 1. The monoisotopic (exact) mass is 313 g/mol. The first-order chi connectivity index (χ1) is 10.7. The van der Waals surface area contributed by atoms with Crippen molar-refractivity contribution in [3.05, 3.63) is 0 Å². The van der Waals surface area contributed by atoms with E-state index in [0.717, 1.165) is 32.1 Å². The minimum atomic E-state index is -0.236. The van der Waals surface area contributed by atoms with E-state index in [-0.39, 0.29) is 12.0 Å². The van der Waals surface area contributed by atoms with Crippen LogP contribution < -0.4 is 5.73 Å². The van der Waals surface area contributed by atoms with Gasteiger partial charge in [-0.25, -0.2) is 0 Å². The minimum absolute atomic E-state index is 0.188. The van der Waals surface area contributed by atoms with Gasteiger partial charge in [0.1, 0.15) is 0 Å². The molecule has 0 bridgehead atoms. The first-order valence-corrected chi connectivity index (χ1v) is 9.63. The SMILES string of the molecule is CCCCCCCCCCCCCC(O)CCCCC(N)=O. The molecule has 0 aliphatic rings. The lowest BCUT2D eigenvalue weighted by molar-refractivity contribution is -0.118. The Bertz CT molecular complexity index is 244. The number of hydrogen-bond donors (Lipinski definition) is 2. The highest BCUT2D eigenvalue weighted by molar-refractivity contribution is 5.73. The summed E-state index contributed by atoms with van der Waals surface area (Å²) in [6.45, 7) is 2.26. The van der Waals surface area contributed by atoms with Gasteiger partial charge < -0.3 is 10.8 Å². The van der Waals surface area contributed by atoms with Crippen molar-refractivity contribution >= 4 is 5.91 Å². The van der Waals surface area contributed by atoms with Crippen LogP contribution in [0.25, 0.3) is 0 Å². The summed E-state index contributed by atoms with van der Waals surface area (Å²) in [5, 5.41) is 9.84. The molecule has 1 unspecified atom stereocenters. The molecule has 3 heteroatoms. The van der Waals surface area contributed by atoms with Crippen LogP contribution in [0.2, 0.25) is 0 Å². The fraction of sp³-hybridized carbons (Fsp3) is 0.947. The number of unbranched alkanes of at least 4 members (excludes halogenated alkanes) is 11. The molecular formula is C19H39NO2. The van der Waals surface area contributed by atoms with Crippen LogP contribution in [0.4, 0.5) is 0 Å². The van der Waals surface area contributed by atoms with Gasteiger partial charge in [0, 0.05) is 6.42 Å². The van der Waals surface area contributed by atoms with Gasteiger partial charge in [-0.3, -0.25) is 4.79 Å². The van der Waals surface area contributed by atoms with E-state index in [9.17, 15) is 9.90 Å². The molecule has 1 atom stereocenters. The van der Waals surface area contributed by atoms with E-state index in [2.05, 4.69) is 6.92 Å². The van der Waals surface area contributed by atoms with E-state index < -0.39 is 0 Å². The van der Waals surface area contributed by atoms with E-state index in [1.807, 2.05) is 0 Å². The zero-order valence-electron chi connectivity index (χ0n) is 14.8. The van der Waals surface area contributed by atoms with Crippen LogP contribution in [0.3, 0.4) is 0 Å². The average molecular weight is 314 g/mol. The van der Waals surface area contributed by atoms with Gasteiger partial charge in [-0.05, 0) is 19.3 Å². The molecule has 0 rings (SSSR count). The van der Waals surface area contributed by atoms with Crippen molar-refractivity contribution in [3.63, 3.8) is 0 Å². The molecule has 0 aromatic carbocycles. The van der Waals surface area contributed by atoms with Crippen LogP contribution in [-0.4, -0.2) is 17.1 Å². The number of rotatable bonds is 17. The van der Waals surface area contributed by atoms with Gasteiger partial charge in [0.2, 0.25) is 5.91 Å². The largest absolute Gasteiger partial charge is 0.393 e. The normalized spacial score (nSPS) is 12.5. The summed E-state index contributed by atoms with van der Waals surface area (Å²) in [6, 6.07) is 0. The number of aliphatic hydroxyl groups excluding tert-OH is 1. The smallest absolute Gasteiger partial charge is 0.217 e. The number of carbonyl (C=O) groups excluding carboxylic acids is 1. The molecule has 0 aromatic heterocycles. The summed E-state index contributed by atoms with van der Waals surface area (Å²) in [7, 11) is 0. The van der Waals surface area contributed by atoms with Gasteiger partial charge in [0.25, 0.3) is 0 Å². The number of hydrogen-bond acceptors (Lipinski definition) is 2. The van der Waals surface area contributed by atoms with Crippen molar-refractivity contribution in [2.75, 3.05) is 0 Å². The van der Waals surface area contributed by atoms with E-state index in [4.69, 9.17) is 5.73 Å². The van der Waals surface area contributed by atoms with E-state index >= 15 is 0 Å². The Hall–Kier alpha value is -0.570. The zero-order chi connectivity index (χ0) is 16.5. The van der Waals surface area contributed by atoms with Crippen molar-refractivity contribution in [1.82, 2.24) is 0 Å². The lowest BCUT2D eigenvalue weighted by Gasteiger charge is -2.09. The molecule has 0 aliphatic carbocycles. The Balaban J connectivity index is 3.13. The number of amides is 1. The third kappa shape index (κ3) is 17.5. The average Bonchev–Trinajstić information content (AvgIpc) is 2.49. The molecule has 0 heterocycles. The maximum atomic E-state index is 10.6. The minimum Gasteiger partial charge on any atom is -0.393 e. The van der Waals surface area contributed by atoms with E-state index in [1.165, 1.54) is 64.2 Å². The fourth-order valence-electron chi connectivity index (χ4n) is 2.87. The topological polar surface area (TPSA) is 63.3 Å². The standard InChI is InChI=1S/C19H39NO2/c1-2-3-4-5-6-7-8-9-10-11-12-15-18(21)16-13-14-17-19(20)22/h18,21H,2-17H2,1H3,(H2,20,22). The molecule has 0 spiro atoms. The van der Waals surface area contributed by atoms with Crippen molar-refractivity contribution in [2.24, 2.45) is 5.73 Å². The molecular weight excluding hydrogens is 274 g/mol. The predicted octanol–water partition coefficient (Wildman–Crippen LogP) is 5.09. The van der Waals surface area contributed by atoms with Gasteiger partial charge >= 0.3 is 0 Å². The van der Waals surface area contributed by atoms with Gasteiger partial charge in [0.15, 0.2) is 0 Å². The molecule has 1 amide bonds. The first kappa shape index (κ1) is 21.4. The molecule has 0 saturated heterocycles. The van der Waals surface area contributed by atoms with Crippen LogP contribution in [-0.2, 0) is 4.79 Å². The molecule has 0 aliphatic heterocycles. The Morgan fingerprint density at radius 3 is 1.64 bits per heavy atom. The Morgan fingerprint density at radius 2 is 1.18 bits per heavy atom. The highest BCUT2D eigenvalue weighted by Gasteiger charge is 2.04. The van der Waals surface area contributed by atoms with Crippen molar-refractivity contribution in [3.8, 4) is 0 Å². The Morgan fingerprint density at radius 1 is 0.773 bits per heavy atom. The summed E-state index contributed by atoms with van der Waals surface area (Å²) in [5.74, 6) is -0.236. The molecule has 3 nitrogen and oxygen atoms in total. The third-order valence-corrected chi connectivity index (χ3v) is 4.35. The zero-order valence-corrected chi connectivity index (χ0v) is 14.8. The Kier molecular flexibility index (Phi) is 16.4. The summed E-state index contributed by atoms with van der Waals surface area (Å²) in [5.41, 5.74) is 5.09. The number of carbonyl (C=O) groups is 1. The highest BCUT2D eigenvalue weighted by atomic mass is 16.3. The number of primary amides is 1. The molecule has 0 fully saturated rings. The quantitative estimate of drug-likeness (QED) is 0.367. The summed E-state index contributed by atoms with van der Waals surface area (Å²) < 4.78 is 0. The molecule has 0 aromatic rings. The van der Waals surface area contributed by atoms with Crippen molar-refractivity contribution in [2.45, 2.75) is 116 Å². The predicted molar refractivity (Wildman–Crippen MR) is 94.7 cm³/mol.